The molecule has 1 fully saturated rings. The normalized spacial score (nSPS) is 15.5. The fraction of sp³-hybridized carbons (Fsp3) is 0.438. The molecule has 22 heavy (non-hydrogen) atoms. The van der Waals surface area contributed by atoms with Gasteiger partial charge < -0.3 is 19.6 Å². The second-order valence-electron chi connectivity index (χ2n) is 5.54. The lowest BCUT2D eigenvalue weighted by molar-refractivity contribution is 0.245. The molecule has 1 aliphatic carbocycles. The number of H-pyrrole nitrogens is 1. The van der Waals surface area contributed by atoms with Crippen molar-refractivity contribution in [1.29, 1.82) is 0 Å². The Labute approximate surface area is 128 Å². The molecular weight excluding hydrogens is 284 g/mol. The maximum absolute atomic E-state index is 11.8. The number of benzene rings is 1. The Kier molecular flexibility index (Phi) is 4.20. The maximum Gasteiger partial charge on any atom is 0.326 e. The molecule has 1 aromatic heterocycles. The van der Waals surface area contributed by atoms with Gasteiger partial charge >= 0.3 is 5.69 Å². The van der Waals surface area contributed by atoms with Crippen LogP contribution in [0, 0.1) is 5.92 Å². The van der Waals surface area contributed by atoms with Crippen molar-refractivity contribution in [3.63, 3.8) is 0 Å². The predicted octanol–water partition coefficient (Wildman–Crippen LogP) is 1.56. The van der Waals surface area contributed by atoms with Crippen LogP contribution < -0.4 is 15.2 Å². The molecule has 0 bridgehead atoms. The van der Waals surface area contributed by atoms with Crippen LogP contribution in [-0.4, -0.2) is 35.0 Å². The van der Waals surface area contributed by atoms with Crippen LogP contribution in [0.15, 0.2) is 35.4 Å². The van der Waals surface area contributed by atoms with Crippen LogP contribution in [0.25, 0.3) is 0 Å². The topological polar surface area (TPSA) is 76.5 Å². The standard InChI is InChI=1S/C16H20N2O4/c1-21-14-5-4-12(8-15(14)22-10-11-2-3-11)13(9-19)18-7-6-17-16(18)20/h4-8,11,13,19H,2-3,9-10H2,1H3,(H,17,20). The number of hydrogen-bond acceptors (Lipinski definition) is 4. The van der Waals surface area contributed by atoms with E-state index in [2.05, 4.69) is 4.98 Å². The van der Waals surface area contributed by atoms with Crippen LogP contribution >= 0.6 is 0 Å². The number of aromatic nitrogens is 2. The highest BCUT2D eigenvalue weighted by molar-refractivity contribution is 5.44. The van der Waals surface area contributed by atoms with Crippen LogP contribution in [-0.2, 0) is 0 Å². The van der Waals surface area contributed by atoms with Crippen molar-refractivity contribution in [3.05, 3.63) is 46.6 Å². The Balaban J connectivity index is 1.89. The number of aliphatic hydroxyl groups is 1. The molecule has 0 aliphatic heterocycles. The van der Waals surface area contributed by atoms with Crippen molar-refractivity contribution in [2.75, 3.05) is 20.3 Å². The summed E-state index contributed by atoms with van der Waals surface area (Å²) in [7, 11) is 1.60. The summed E-state index contributed by atoms with van der Waals surface area (Å²) in [6.07, 6.45) is 5.59. The highest BCUT2D eigenvalue weighted by atomic mass is 16.5. The molecule has 2 aromatic rings. The van der Waals surface area contributed by atoms with Crippen LogP contribution in [0.1, 0.15) is 24.4 Å². The van der Waals surface area contributed by atoms with Gasteiger partial charge in [0, 0.05) is 12.4 Å². The van der Waals surface area contributed by atoms with Gasteiger partial charge in [-0.05, 0) is 36.5 Å². The van der Waals surface area contributed by atoms with Gasteiger partial charge in [-0.25, -0.2) is 4.79 Å². The second-order valence-corrected chi connectivity index (χ2v) is 5.54. The third-order valence-electron chi connectivity index (χ3n) is 3.93. The Morgan fingerprint density at radius 2 is 2.23 bits per heavy atom. The summed E-state index contributed by atoms with van der Waals surface area (Å²) in [5, 5.41) is 9.68. The minimum atomic E-state index is -0.451. The van der Waals surface area contributed by atoms with E-state index in [1.807, 2.05) is 12.1 Å². The minimum Gasteiger partial charge on any atom is -0.493 e. The largest absolute Gasteiger partial charge is 0.493 e. The molecule has 1 heterocycles. The molecule has 6 nitrogen and oxygen atoms in total. The first-order chi connectivity index (χ1) is 10.7. The van der Waals surface area contributed by atoms with Gasteiger partial charge in [0.05, 0.1) is 26.4 Å². The number of methoxy groups -OCH3 is 1. The van der Waals surface area contributed by atoms with E-state index in [1.165, 1.54) is 17.4 Å². The molecule has 2 N–H and O–H groups in total. The van der Waals surface area contributed by atoms with Gasteiger partial charge in [0.15, 0.2) is 11.5 Å². The lowest BCUT2D eigenvalue weighted by Crippen LogP contribution is -2.25. The highest BCUT2D eigenvalue weighted by Crippen LogP contribution is 2.34. The molecule has 1 aliphatic rings. The van der Waals surface area contributed by atoms with Crippen molar-refractivity contribution in [3.8, 4) is 11.5 Å². The molecule has 1 unspecified atom stereocenters. The number of nitrogens with zero attached hydrogens (tertiary/aromatic N) is 1. The number of nitrogens with one attached hydrogen (secondary N) is 1. The molecule has 1 atom stereocenters. The molecule has 0 saturated heterocycles. The van der Waals surface area contributed by atoms with E-state index in [0.717, 1.165) is 5.56 Å². The Morgan fingerprint density at radius 1 is 1.41 bits per heavy atom. The van der Waals surface area contributed by atoms with Crippen molar-refractivity contribution < 1.29 is 14.6 Å². The number of aliphatic hydroxyl groups excluding tert-OH is 1. The summed E-state index contributed by atoms with van der Waals surface area (Å²) in [5.74, 6) is 1.94. The quantitative estimate of drug-likeness (QED) is 0.814. The van der Waals surface area contributed by atoms with Crippen molar-refractivity contribution in [1.82, 2.24) is 9.55 Å². The lowest BCUT2D eigenvalue weighted by Gasteiger charge is -2.18. The van der Waals surface area contributed by atoms with Gasteiger partial charge in [-0.15, -0.1) is 0 Å². The third-order valence-corrected chi connectivity index (χ3v) is 3.93. The summed E-state index contributed by atoms with van der Waals surface area (Å²) in [6, 6.07) is 5.02. The lowest BCUT2D eigenvalue weighted by atomic mass is 10.1. The van der Waals surface area contributed by atoms with E-state index in [4.69, 9.17) is 9.47 Å². The molecule has 0 radical (unpaired) electrons. The predicted molar refractivity (Wildman–Crippen MR) is 81.5 cm³/mol. The van der Waals surface area contributed by atoms with Gasteiger partial charge in [0.1, 0.15) is 0 Å². The zero-order valence-electron chi connectivity index (χ0n) is 12.5. The molecule has 118 valence electrons. The Bertz CT molecular complexity index is 687. The van der Waals surface area contributed by atoms with E-state index < -0.39 is 6.04 Å². The SMILES string of the molecule is COc1ccc(C(CO)n2cc[nH]c2=O)cc1OCC1CC1. The van der Waals surface area contributed by atoms with Crippen molar-refractivity contribution in [2.45, 2.75) is 18.9 Å². The molecule has 3 rings (SSSR count). The van der Waals surface area contributed by atoms with Crippen molar-refractivity contribution in [2.24, 2.45) is 5.92 Å². The first kappa shape index (κ1) is 14.7. The number of rotatable bonds is 7. The summed E-state index contributed by atoms with van der Waals surface area (Å²) < 4.78 is 12.6. The second kappa shape index (κ2) is 6.27. The van der Waals surface area contributed by atoms with Gasteiger partial charge in [0.2, 0.25) is 0 Å². The average molecular weight is 304 g/mol. The minimum absolute atomic E-state index is 0.174. The molecular formula is C16H20N2O4. The number of ether oxygens (including phenoxy) is 2. The van der Waals surface area contributed by atoms with E-state index in [1.54, 1.807) is 25.6 Å². The van der Waals surface area contributed by atoms with E-state index >= 15 is 0 Å². The average Bonchev–Trinajstić information content (AvgIpc) is 3.28. The molecule has 0 amide bonds. The molecule has 6 heteroatoms. The van der Waals surface area contributed by atoms with Gasteiger partial charge in [-0.2, -0.15) is 0 Å². The first-order valence-electron chi connectivity index (χ1n) is 7.40. The highest BCUT2D eigenvalue weighted by Gasteiger charge is 2.23. The molecule has 0 spiro atoms. The summed E-state index contributed by atoms with van der Waals surface area (Å²) >= 11 is 0. The zero-order chi connectivity index (χ0) is 15.5. The van der Waals surface area contributed by atoms with Crippen molar-refractivity contribution >= 4 is 0 Å². The smallest absolute Gasteiger partial charge is 0.326 e. The fourth-order valence-corrected chi connectivity index (χ4v) is 2.44. The number of hydrogen-bond donors (Lipinski definition) is 2. The van der Waals surface area contributed by atoms with Crippen LogP contribution in [0.2, 0.25) is 0 Å². The van der Waals surface area contributed by atoms with Gasteiger partial charge in [-0.3, -0.25) is 4.57 Å². The van der Waals surface area contributed by atoms with E-state index in [-0.39, 0.29) is 12.3 Å². The Morgan fingerprint density at radius 3 is 2.82 bits per heavy atom. The fourth-order valence-electron chi connectivity index (χ4n) is 2.44. The number of imidazole rings is 1. The molecule has 1 aromatic carbocycles. The third kappa shape index (κ3) is 3.01. The van der Waals surface area contributed by atoms with Crippen LogP contribution in [0.3, 0.4) is 0 Å². The monoisotopic (exact) mass is 304 g/mol. The summed E-state index contributed by atoms with van der Waals surface area (Å²) in [5.41, 5.74) is 0.547. The van der Waals surface area contributed by atoms with E-state index in [9.17, 15) is 9.90 Å². The van der Waals surface area contributed by atoms with Crippen LogP contribution in [0.5, 0.6) is 11.5 Å². The molecule has 1 saturated carbocycles. The van der Waals surface area contributed by atoms with Gasteiger partial charge in [-0.1, -0.05) is 6.07 Å². The summed E-state index contributed by atoms with van der Waals surface area (Å²) in [6.45, 7) is 0.500. The maximum atomic E-state index is 11.8. The van der Waals surface area contributed by atoms with E-state index in [0.29, 0.717) is 24.0 Å². The first-order valence-corrected chi connectivity index (χ1v) is 7.40. The van der Waals surface area contributed by atoms with Gasteiger partial charge in [0.25, 0.3) is 0 Å². The van der Waals surface area contributed by atoms with Crippen LogP contribution in [0.4, 0.5) is 0 Å². The number of aromatic amines is 1. The summed E-state index contributed by atoms with van der Waals surface area (Å²) in [4.78, 5) is 14.3. The Hall–Kier alpha value is -2.21. The zero-order valence-corrected chi connectivity index (χ0v) is 12.5.